The summed E-state index contributed by atoms with van der Waals surface area (Å²) in [7, 11) is -1.93. The lowest BCUT2D eigenvalue weighted by Gasteiger charge is -2.37. The molecule has 1 saturated heterocycles. The van der Waals surface area contributed by atoms with Crippen LogP contribution in [0.2, 0.25) is 18.1 Å². The van der Waals surface area contributed by atoms with Crippen LogP contribution in [0.4, 0.5) is 0 Å². The van der Waals surface area contributed by atoms with Crippen LogP contribution >= 0.6 is 0 Å². The SMILES string of the molecule is CC(C)(C)[Si](C)(C)OC[C@H]1O[C@@H](n2ccc(=O)[nH]c2=O)C[C@H]1O. The van der Waals surface area contributed by atoms with Crippen LogP contribution in [0.5, 0.6) is 0 Å². The Hall–Kier alpha value is -1.22. The molecule has 2 heterocycles. The molecule has 130 valence electrons. The van der Waals surface area contributed by atoms with Gasteiger partial charge in [-0.2, -0.15) is 0 Å². The van der Waals surface area contributed by atoms with Gasteiger partial charge < -0.3 is 14.3 Å². The number of nitrogens with zero attached hydrogens (tertiary/aromatic N) is 1. The van der Waals surface area contributed by atoms with E-state index < -0.39 is 38.0 Å². The van der Waals surface area contributed by atoms with E-state index in [1.807, 2.05) is 0 Å². The largest absolute Gasteiger partial charge is 0.414 e. The number of ether oxygens (including phenoxy) is 1. The van der Waals surface area contributed by atoms with E-state index >= 15 is 0 Å². The summed E-state index contributed by atoms with van der Waals surface area (Å²) in [6.07, 6.45) is -0.105. The van der Waals surface area contributed by atoms with Crippen LogP contribution in [-0.2, 0) is 9.16 Å². The fourth-order valence-corrected chi connectivity index (χ4v) is 3.21. The first-order chi connectivity index (χ1) is 10.5. The summed E-state index contributed by atoms with van der Waals surface area (Å²) in [5.41, 5.74) is -0.997. The number of aliphatic hydroxyl groups is 1. The molecule has 1 aromatic rings. The van der Waals surface area contributed by atoms with Crippen LogP contribution in [0.1, 0.15) is 33.4 Å². The van der Waals surface area contributed by atoms with Crippen molar-refractivity contribution < 1.29 is 14.3 Å². The summed E-state index contributed by atoms with van der Waals surface area (Å²) in [4.78, 5) is 25.1. The lowest BCUT2D eigenvalue weighted by atomic mass is 10.2. The standard InChI is InChI=1S/C15H26N2O5Si/c1-15(2,3)23(4,5)21-9-11-10(18)8-13(22-11)17-7-6-12(19)16-14(17)20/h6-7,10-11,13,18H,8-9H2,1-5H3,(H,16,19,20)/t10-,11-,13-/m1/s1. The predicted molar refractivity (Wildman–Crippen MR) is 89.0 cm³/mol. The first-order valence-corrected chi connectivity index (χ1v) is 10.7. The molecule has 0 amide bonds. The minimum atomic E-state index is -1.93. The van der Waals surface area contributed by atoms with Crippen molar-refractivity contribution in [1.29, 1.82) is 0 Å². The summed E-state index contributed by atoms with van der Waals surface area (Å²) in [5, 5.41) is 10.3. The van der Waals surface area contributed by atoms with E-state index in [4.69, 9.17) is 9.16 Å². The van der Waals surface area contributed by atoms with Gasteiger partial charge >= 0.3 is 5.69 Å². The summed E-state index contributed by atoms with van der Waals surface area (Å²) in [6.45, 7) is 11.0. The van der Waals surface area contributed by atoms with E-state index in [0.717, 1.165) is 0 Å². The van der Waals surface area contributed by atoms with Gasteiger partial charge in [0.15, 0.2) is 8.32 Å². The van der Waals surface area contributed by atoms with Crippen LogP contribution in [0.15, 0.2) is 21.9 Å². The Labute approximate surface area is 136 Å². The molecule has 1 aliphatic heterocycles. The molecule has 2 rings (SSSR count). The van der Waals surface area contributed by atoms with Gasteiger partial charge in [0.2, 0.25) is 0 Å². The van der Waals surface area contributed by atoms with Gasteiger partial charge in [-0.25, -0.2) is 4.79 Å². The maximum atomic E-state index is 11.8. The highest BCUT2D eigenvalue weighted by atomic mass is 28.4. The minimum absolute atomic E-state index is 0.0752. The van der Waals surface area contributed by atoms with Gasteiger partial charge in [-0.1, -0.05) is 20.8 Å². The molecule has 1 aliphatic rings. The second-order valence-corrected chi connectivity index (χ2v) is 12.3. The molecule has 0 radical (unpaired) electrons. The zero-order valence-electron chi connectivity index (χ0n) is 14.3. The Kier molecular flexibility index (Phi) is 5.00. The molecule has 0 unspecified atom stereocenters. The molecule has 8 heteroatoms. The molecule has 1 fully saturated rings. The minimum Gasteiger partial charge on any atom is -0.414 e. The van der Waals surface area contributed by atoms with Crippen molar-refractivity contribution in [1.82, 2.24) is 9.55 Å². The third kappa shape index (κ3) is 4.00. The maximum absolute atomic E-state index is 11.8. The number of nitrogens with one attached hydrogen (secondary N) is 1. The summed E-state index contributed by atoms with van der Waals surface area (Å²) in [6, 6.07) is 1.26. The van der Waals surface area contributed by atoms with Crippen LogP contribution < -0.4 is 11.2 Å². The summed E-state index contributed by atoms with van der Waals surface area (Å²) in [5.74, 6) is 0. The fraction of sp³-hybridized carbons (Fsp3) is 0.733. The molecule has 0 aliphatic carbocycles. The topological polar surface area (TPSA) is 93.5 Å². The molecule has 0 spiro atoms. The van der Waals surface area contributed by atoms with Gasteiger partial charge in [-0.05, 0) is 18.1 Å². The van der Waals surface area contributed by atoms with Crippen LogP contribution in [0.25, 0.3) is 0 Å². The van der Waals surface area contributed by atoms with Crippen LogP contribution in [0.3, 0.4) is 0 Å². The second kappa shape index (κ2) is 6.35. The van der Waals surface area contributed by atoms with E-state index in [9.17, 15) is 14.7 Å². The van der Waals surface area contributed by atoms with E-state index in [1.165, 1.54) is 16.8 Å². The number of H-pyrrole nitrogens is 1. The van der Waals surface area contributed by atoms with E-state index in [0.29, 0.717) is 6.61 Å². The number of hydrogen-bond donors (Lipinski definition) is 2. The van der Waals surface area contributed by atoms with Crippen molar-refractivity contribution >= 4 is 8.32 Å². The zero-order valence-corrected chi connectivity index (χ0v) is 15.3. The first-order valence-electron chi connectivity index (χ1n) is 7.80. The molecular formula is C15H26N2O5Si. The van der Waals surface area contributed by atoms with Gasteiger partial charge in [0.25, 0.3) is 5.56 Å². The number of rotatable bonds is 4. The molecule has 0 saturated carbocycles. The van der Waals surface area contributed by atoms with E-state index in [2.05, 4.69) is 38.8 Å². The van der Waals surface area contributed by atoms with Crippen LogP contribution in [0, 0.1) is 0 Å². The molecule has 0 aromatic carbocycles. The molecular weight excluding hydrogens is 316 g/mol. The number of aliphatic hydroxyl groups excluding tert-OH is 1. The van der Waals surface area contributed by atoms with Crippen molar-refractivity contribution in [2.24, 2.45) is 0 Å². The number of aromatic amines is 1. The highest BCUT2D eigenvalue weighted by Crippen LogP contribution is 2.37. The Morgan fingerprint density at radius 1 is 1.43 bits per heavy atom. The molecule has 2 N–H and O–H groups in total. The van der Waals surface area contributed by atoms with Crippen molar-refractivity contribution in [2.45, 2.75) is 63.8 Å². The van der Waals surface area contributed by atoms with Crippen LogP contribution in [-0.4, -0.2) is 41.8 Å². The predicted octanol–water partition coefficient (Wildman–Crippen LogP) is 1.21. The quantitative estimate of drug-likeness (QED) is 0.802. The van der Waals surface area contributed by atoms with Gasteiger partial charge in [0, 0.05) is 18.7 Å². The summed E-state index contributed by atoms with van der Waals surface area (Å²) >= 11 is 0. The number of aromatic nitrogens is 2. The van der Waals surface area contributed by atoms with Crippen molar-refractivity contribution in [3.05, 3.63) is 33.1 Å². The Balaban J connectivity index is 2.04. The first kappa shape index (κ1) is 18.1. The van der Waals surface area contributed by atoms with Crippen molar-refractivity contribution in [3.8, 4) is 0 Å². The highest BCUT2D eigenvalue weighted by Gasteiger charge is 2.41. The lowest BCUT2D eigenvalue weighted by Crippen LogP contribution is -2.43. The Bertz CT molecular complexity index is 661. The molecule has 3 atom stereocenters. The van der Waals surface area contributed by atoms with Gasteiger partial charge in [-0.3, -0.25) is 14.3 Å². The van der Waals surface area contributed by atoms with Crippen molar-refractivity contribution in [3.63, 3.8) is 0 Å². The average molecular weight is 342 g/mol. The highest BCUT2D eigenvalue weighted by molar-refractivity contribution is 6.74. The monoisotopic (exact) mass is 342 g/mol. The Morgan fingerprint density at radius 2 is 2.09 bits per heavy atom. The van der Waals surface area contributed by atoms with E-state index in [1.54, 1.807) is 0 Å². The third-order valence-corrected chi connectivity index (χ3v) is 9.28. The van der Waals surface area contributed by atoms with Gasteiger partial charge in [0.05, 0.1) is 12.7 Å². The second-order valence-electron chi connectivity index (χ2n) is 7.52. The van der Waals surface area contributed by atoms with E-state index in [-0.39, 0.29) is 11.5 Å². The molecule has 23 heavy (non-hydrogen) atoms. The van der Waals surface area contributed by atoms with Gasteiger partial charge in [-0.15, -0.1) is 0 Å². The summed E-state index contributed by atoms with van der Waals surface area (Å²) < 4.78 is 13.2. The fourth-order valence-electron chi connectivity index (χ4n) is 2.20. The van der Waals surface area contributed by atoms with Crippen molar-refractivity contribution in [2.75, 3.05) is 6.61 Å². The molecule has 1 aromatic heterocycles. The maximum Gasteiger partial charge on any atom is 0.330 e. The Morgan fingerprint density at radius 3 is 2.65 bits per heavy atom. The lowest BCUT2D eigenvalue weighted by molar-refractivity contribution is -0.0432. The third-order valence-electron chi connectivity index (χ3n) is 4.78. The molecule has 0 bridgehead atoms. The average Bonchev–Trinajstić information content (AvgIpc) is 2.76. The van der Waals surface area contributed by atoms with Gasteiger partial charge in [0.1, 0.15) is 12.3 Å². The smallest absolute Gasteiger partial charge is 0.330 e. The number of hydrogen-bond acceptors (Lipinski definition) is 5. The zero-order chi connectivity index (χ0) is 17.4. The normalized spacial score (nSPS) is 25.7. The molecule has 7 nitrogen and oxygen atoms in total.